The Balaban J connectivity index is 1.56. The normalized spacial score (nSPS) is 13.2. The lowest BCUT2D eigenvalue weighted by atomic mass is 10.0. The van der Waals surface area contributed by atoms with E-state index in [-0.39, 0.29) is 4.90 Å². The number of benzene rings is 3. The van der Waals surface area contributed by atoms with Gasteiger partial charge in [0, 0.05) is 17.9 Å². The highest BCUT2D eigenvalue weighted by molar-refractivity contribution is 7.92. The first-order valence-electron chi connectivity index (χ1n) is 11.1. The highest BCUT2D eigenvalue weighted by Crippen LogP contribution is 2.34. The van der Waals surface area contributed by atoms with E-state index in [1.165, 1.54) is 4.31 Å². The SMILES string of the molecule is Cc1ccc(S(=O)(=O)N2CCCc3ccc(NC(=O)C(=O)Nc4cccc(C)c4C)cc32)cc1. The van der Waals surface area contributed by atoms with Crippen molar-refractivity contribution >= 4 is 38.9 Å². The minimum absolute atomic E-state index is 0.216. The lowest BCUT2D eigenvalue weighted by molar-refractivity contribution is -0.133. The number of anilines is 3. The molecule has 0 bridgehead atoms. The van der Waals surface area contributed by atoms with Gasteiger partial charge >= 0.3 is 11.8 Å². The molecule has 0 radical (unpaired) electrons. The number of carbonyl (C=O) groups is 2. The highest BCUT2D eigenvalue weighted by Gasteiger charge is 2.29. The summed E-state index contributed by atoms with van der Waals surface area (Å²) in [7, 11) is -3.76. The van der Waals surface area contributed by atoms with Gasteiger partial charge in [-0.2, -0.15) is 0 Å². The van der Waals surface area contributed by atoms with Crippen molar-refractivity contribution in [1.82, 2.24) is 0 Å². The third-order valence-electron chi connectivity index (χ3n) is 6.09. The lowest BCUT2D eigenvalue weighted by Gasteiger charge is -2.31. The van der Waals surface area contributed by atoms with E-state index < -0.39 is 21.8 Å². The standard InChI is InChI=1S/C26H27N3O4S/c1-17-9-13-22(14-10-17)34(32,33)29-15-5-7-20-11-12-21(16-24(20)29)27-25(30)26(31)28-23-8-4-6-18(2)19(23)3/h4,6,8-14,16H,5,7,15H2,1-3H3,(H,27,30)(H,28,31). The summed E-state index contributed by atoms with van der Waals surface area (Å²) in [5, 5.41) is 5.23. The van der Waals surface area contributed by atoms with E-state index in [1.807, 2.05) is 32.9 Å². The van der Waals surface area contributed by atoms with Crippen LogP contribution in [0.4, 0.5) is 17.1 Å². The highest BCUT2D eigenvalue weighted by atomic mass is 32.2. The molecule has 2 N–H and O–H groups in total. The van der Waals surface area contributed by atoms with Crippen LogP contribution >= 0.6 is 0 Å². The number of carbonyl (C=O) groups excluding carboxylic acids is 2. The summed E-state index contributed by atoms with van der Waals surface area (Å²) in [6.45, 7) is 6.04. The Morgan fingerprint density at radius 3 is 2.32 bits per heavy atom. The molecule has 1 aliphatic heterocycles. The third kappa shape index (κ3) is 4.68. The number of hydrogen-bond donors (Lipinski definition) is 2. The molecular weight excluding hydrogens is 450 g/mol. The number of sulfonamides is 1. The van der Waals surface area contributed by atoms with Crippen molar-refractivity contribution in [3.63, 3.8) is 0 Å². The fourth-order valence-corrected chi connectivity index (χ4v) is 5.49. The van der Waals surface area contributed by atoms with Gasteiger partial charge in [0.1, 0.15) is 0 Å². The second kappa shape index (κ2) is 9.30. The van der Waals surface area contributed by atoms with Gasteiger partial charge in [0.15, 0.2) is 0 Å². The Hall–Kier alpha value is -3.65. The first-order valence-corrected chi connectivity index (χ1v) is 12.5. The summed E-state index contributed by atoms with van der Waals surface area (Å²) in [5.41, 5.74) is 5.17. The van der Waals surface area contributed by atoms with Crippen LogP contribution in [0.2, 0.25) is 0 Å². The molecule has 7 nitrogen and oxygen atoms in total. The molecule has 0 aliphatic carbocycles. The number of nitrogens with zero attached hydrogens (tertiary/aromatic N) is 1. The van der Waals surface area contributed by atoms with Crippen molar-refractivity contribution in [1.29, 1.82) is 0 Å². The van der Waals surface area contributed by atoms with E-state index in [2.05, 4.69) is 10.6 Å². The number of rotatable bonds is 4. The van der Waals surface area contributed by atoms with Crippen LogP contribution in [-0.4, -0.2) is 26.8 Å². The first kappa shape index (κ1) is 23.5. The molecule has 1 aliphatic rings. The van der Waals surface area contributed by atoms with E-state index in [4.69, 9.17) is 0 Å². The molecule has 34 heavy (non-hydrogen) atoms. The summed E-state index contributed by atoms with van der Waals surface area (Å²) in [6, 6.07) is 17.3. The molecule has 0 spiro atoms. The molecule has 0 aromatic heterocycles. The second-order valence-electron chi connectivity index (χ2n) is 8.49. The Morgan fingerprint density at radius 2 is 1.59 bits per heavy atom. The summed E-state index contributed by atoms with van der Waals surface area (Å²) in [5.74, 6) is -1.62. The van der Waals surface area contributed by atoms with E-state index in [0.717, 1.165) is 28.7 Å². The van der Waals surface area contributed by atoms with E-state index in [0.29, 0.717) is 30.0 Å². The molecular formula is C26H27N3O4S. The van der Waals surface area contributed by atoms with Crippen molar-refractivity contribution < 1.29 is 18.0 Å². The van der Waals surface area contributed by atoms with Gasteiger partial charge in [-0.15, -0.1) is 0 Å². The maximum atomic E-state index is 13.3. The topological polar surface area (TPSA) is 95.6 Å². The predicted molar refractivity (Wildman–Crippen MR) is 134 cm³/mol. The number of hydrogen-bond acceptors (Lipinski definition) is 4. The monoisotopic (exact) mass is 477 g/mol. The number of nitrogens with one attached hydrogen (secondary N) is 2. The zero-order chi connectivity index (χ0) is 24.5. The van der Waals surface area contributed by atoms with E-state index >= 15 is 0 Å². The molecule has 0 saturated heterocycles. The molecule has 0 atom stereocenters. The van der Waals surface area contributed by atoms with Crippen molar-refractivity contribution in [3.8, 4) is 0 Å². The summed E-state index contributed by atoms with van der Waals surface area (Å²) >= 11 is 0. The van der Waals surface area contributed by atoms with Crippen LogP contribution < -0.4 is 14.9 Å². The van der Waals surface area contributed by atoms with Crippen molar-refractivity contribution in [2.45, 2.75) is 38.5 Å². The molecule has 0 unspecified atom stereocenters. The minimum atomic E-state index is -3.76. The lowest BCUT2D eigenvalue weighted by Crippen LogP contribution is -2.35. The molecule has 1 heterocycles. The molecule has 3 aromatic carbocycles. The molecule has 4 rings (SSSR count). The molecule has 8 heteroatoms. The van der Waals surface area contributed by atoms with Gasteiger partial charge in [-0.25, -0.2) is 8.42 Å². The predicted octanol–water partition coefficient (Wildman–Crippen LogP) is 4.33. The van der Waals surface area contributed by atoms with Crippen LogP contribution in [-0.2, 0) is 26.0 Å². The van der Waals surface area contributed by atoms with Crippen LogP contribution in [0.5, 0.6) is 0 Å². The second-order valence-corrected chi connectivity index (χ2v) is 10.4. The molecule has 176 valence electrons. The fraction of sp³-hybridized carbons (Fsp3) is 0.231. The molecule has 2 amide bonds. The van der Waals surface area contributed by atoms with Crippen LogP contribution in [0.3, 0.4) is 0 Å². The Kier molecular flexibility index (Phi) is 6.43. The zero-order valence-corrected chi connectivity index (χ0v) is 20.2. The first-order chi connectivity index (χ1) is 16.2. The van der Waals surface area contributed by atoms with Crippen molar-refractivity contribution in [2.24, 2.45) is 0 Å². The maximum absolute atomic E-state index is 13.3. The molecule has 3 aromatic rings. The average molecular weight is 478 g/mol. The largest absolute Gasteiger partial charge is 0.318 e. The summed E-state index contributed by atoms with van der Waals surface area (Å²) in [6.07, 6.45) is 1.43. The maximum Gasteiger partial charge on any atom is 0.314 e. The van der Waals surface area contributed by atoms with Gasteiger partial charge < -0.3 is 10.6 Å². The summed E-state index contributed by atoms with van der Waals surface area (Å²) < 4.78 is 28.1. The van der Waals surface area contributed by atoms with Gasteiger partial charge in [0.25, 0.3) is 10.0 Å². The van der Waals surface area contributed by atoms with Gasteiger partial charge in [0.2, 0.25) is 0 Å². The number of fused-ring (bicyclic) bond motifs is 1. The van der Waals surface area contributed by atoms with Crippen molar-refractivity contribution in [3.05, 3.63) is 82.9 Å². The van der Waals surface area contributed by atoms with Gasteiger partial charge in [-0.1, -0.05) is 35.9 Å². The smallest absolute Gasteiger partial charge is 0.314 e. The van der Waals surface area contributed by atoms with Crippen molar-refractivity contribution in [2.75, 3.05) is 21.5 Å². The van der Waals surface area contributed by atoms with Gasteiger partial charge in [0.05, 0.1) is 10.6 Å². The van der Waals surface area contributed by atoms with Crippen LogP contribution in [0, 0.1) is 20.8 Å². The van der Waals surface area contributed by atoms with E-state index in [9.17, 15) is 18.0 Å². The number of amides is 2. The van der Waals surface area contributed by atoms with Crippen LogP contribution in [0.1, 0.15) is 28.7 Å². The quantitative estimate of drug-likeness (QED) is 0.547. The molecule has 0 saturated carbocycles. The Labute approximate surface area is 199 Å². The van der Waals surface area contributed by atoms with Crippen LogP contribution in [0.25, 0.3) is 0 Å². The Bertz CT molecular complexity index is 1370. The Morgan fingerprint density at radius 1 is 0.882 bits per heavy atom. The van der Waals surface area contributed by atoms with E-state index in [1.54, 1.807) is 48.5 Å². The summed E-state index contributed by atoms with van der Waals surface area (Å²) in [4.78, 5) is 25.2. The molecule has 0 fully saturated rings. The minimum Gasteiger partial charge on any atom is -0.318 e. The van der Waals surface area contributed by atoms with Crippen LogP contribution in [0.15, 0.2) is 65.6 Å². The third-order valence-corrected chi connectivity index (χ3v) is 7.91. The zero-order valence-electron chi connectivity index (χ0n) is 19.4. The van der Waals surface area contributed by atoms with Gasteiger partial charge in [-0.05, 0) is 80.6 Å². The fourth-order valence-electron chi connectivity index (χ4n) is 3.96. The number of aryl methyl sites for hydroxylation is 3. The average Bonchev–Trinajstić information content (AvgIpc) is 2.81. The van der Waals surface area contributed by atoms with Gasteiger partial charge in [-0.3, -0.25) is 13.9 Å².